The van der Waals surface area contributed by atoms with Gasteiger partial charge in [0.1, 0.15) is 5.69 Å². The molecule has 2 aromatic carbocycles. The minimum atomic E-state index is 0.666. The number of aromatic nitrogens is 2. The zero-order valence-electron chi connectivity index (χ0n) is 13.6. The van der Waals surface area contributed by atoms with E-state index in [0.717, 1.165) is 40.8 Å². The molecule has 0 aliphatic carbocycles. The van der Waals surface area contributed by atoms with Crippen LogP contribution >= 0.6 is 0 Å². The topological polar surface area (TPSA) is 63.8 Å². The molecule has 0 atom stereocenters. The molecule has 1 heterocycles. The van der Waals surface area contributed by atoms with Crippen LogP contribution in [0, 0.1) is 13.8 Å². The SMILES string of the molecule is Cc1ccc(-c2nnc(NCCCN)c3ccccc23)c(C)c1. The van der Waals surface area contributed by atoms with Crippen LogP contribution in [0.2, 0.25) is 0 Å². The molecular weight excluding hydrogens is 284 g/mol. The Kier molecular flexibility index (Phi) is 4.53. The summed E-state index contributed by atoms with van der Waals surface area (Å²) in [6.07, 6.45) is 0.912. The van der Waals surface area contributed by atoms with Crippen molar-refractivity contribution in [3.63, 3.8) is 0 Å². The van der Waals surface area contributed by atoms with Crippen molar-refractivity contribution in [2.24, 2.45) is 5.73 Å². The Morgan fingerprint density at radius 3 is 2.52 bits per heavy atom. The van der Waals surface area contributed by atoms with Crippen LogP contribution in [0.1, 0.15) is 17.5 Å². The van der Waals surface area contributed by atoms with Gasteiger partial charge in [-0.1, -0.05) is 48.0 Å². The van der Waals surface area contributed by atoms with Gasteiger partial charge in [-0.05, 0) is 32.4 Å². The number of aryl methyl sites for hydroxylation is 2. The van der Waals surface area contributed by atoms with Crippen molar-refractivity contribution in [3.05, 3.63) is 53.6 Å². The van der Waals surface area contributed by atoms with Crippen LogP contribution in [0.15, 0.2) is 42.5 Å². The average Bonchev–Trinajstić information content (AvgIpc) is 2.56. The number of rotatable bonds is 5. The number of hydrogen-bond donors (Lipinski definition) is 2. The van der Waals surface area contributed by atoms with Gasteiger partial charge in [0.05, 0.1) is 0 Å². The molecule has 0 aliphatic heterocycles. The van der Waals surface area contributed by atoms with Gasteiger partial charge >= 0.3 is 0 Å². The van der Waals surface area contributed by atoms with Gasteiger partial charge in [-0.15, -0.1) is 10.2 Å². The molecule has 0 fully saturated rings. The Morgan fingerprint density at radius 1 is 1.00 bits per heavy atom. The van der Waals surface area contributed by atoms with E-state index in [1.165, 1.54) is 11.1 Å². The number of hydrogen-bond acceptors (Lipinski definition) is 4. The van der Waals surface area contributed by atoms with Crippen molar-refractivity contribution in [1.29, 1.82) is 0 Å². The van der Waals surface area contributed by atoms with E-state index in [-0.39, 0.29) is 0 Å². The molecule has 1 aromatic heterocycles. The summed E-state index contributed by atoms with van der Waals surface area (Å²) in [5.41, 5.74) is 10.1. The molecule has 0 amide bonds. The molecule has 3 rings (SSSR count). The molecule has 4 nitrogen and oxygen atoms in total. The lowest BCUT2D eigenvalue weighted by Gasteiger charge is -2.12. The lowest BCUT2D eigenvalue weighted by atomic mass is 9.99. The summed E-state index contributed by atoms with van der Waals surface area (Å²) in [5, 5.41) is 14.5. The fraction of sp³-hybridized carbons (Fsp3) is 0.263. The monoisotopic (exact) mass is 306 g/mol. The third-order valence-corrected chi connectivity index (χ3v) is 4.00. The number of nitrogens with one attached hydrogen (secondary N) is 1. The predicted octanol–water partition coefficient (Wildman–Crippen LogP) is 3.67. The Hall–Kier alpha value is -2.46. The minimum Gasteiger partial charge on any atom is -0.368 e. The van der Waals surface area contributed by atoms with Crippen LogP contribution in [-0.4, -0.2) is 23.3 Å². The van der Waals surface area contributed by atoms with Gasteiger partial charge in [-0.25, -0.2) is 0 Å². The normalized spacial score (nSPS) is 10.9. The second-order valence-corrected chi connectivity index (χ2v) is 5.83. The first-order chi connectivity index (χ1) is 11.2. The average molecular weight is 306 g/mol. The molecule has 0 saturated heterocycles. The largest absolute Gasteiger partial charge is 0.368 e. The number of anilines is 1. The molecule has 0 bridgehead atoms. The summed E-state index contributed by atoms with van der Waals surface area (Å²) < 4.78 is 0. The van der Waals surface area contributed by atoms with E-state index in [2.05, 4.69) is 59.7 Å². The fourth-order valence-electron chi connectivity index (χ4n) is 2.82. The maximum absolute atomic E-state index is 5.56. The van der Waals surface area contributed by atoms with Crippen molar-refractivity contribution >= 4 is 16.6 Å². The van der Waals surface area contributed by atoms with E-state index in [4.69, 9.17) is 5.73 Å². The van der Waals surface area contributed by atoms with Gasteiger partial charge in [0.2, 0.25) is 0 Å². The Morgan fingerprint density at radius 2 is 1.78 bits per heavy atom. The van der Waals surface area contributed by atoms with Gasteiger partial charge < -0.3 is 11.1 Å². The molecule has 0 spiro atoms. The van der Waals surface area contributed by atoms with E-state index in [0.29, 0.717) is 6.54 Å². The number of nitrogens with zero attached hydrogens (tertiary/aromatic N) is 2. The summed E-state index contributed by atoms with van der Waals surface area (Å²) in [6, 6.07) is 14.7. The van der Waals surface area contributed by atoms with Gasteiger partial charge in [0, 0.05) is 22.9 Å². The lowest BCUT2D eigenvalue weighted by molar-refractivity contribution is 0.866. The van der Waals surface area contributed by atoms with Gasteiger partial charge in [-0.3, -0.25) is 0 Å². The van der Waals surface area contributed by atoms with Crippen LogP contribution in [0.4, 0.5) is 5.82 Å². The predicted molar refractivity (Wildman–Crippen MR) is 96.6 cm³/mol. The Labute approximate surface area is 136 Å². The summed E-state index contributed by atoms with van der Waals surface area (Å²) >= 11 is 0. The summed E-state index contributed by atoms with van der Waals surface area (Å²) in [7, 11) is 0. The van der Waals surface area contributed by atoms with E-state index in [1.54, 1.807) is 0 Å². The standard InChI is InChI=1S/C19H22N4/c1-13-8-9-15(14(2)12-13)18-16-6-3-4-7-17(16)19(23-22-18)21-11-5-10-20/h3-4,6-9,12H,5,10-11,20H2,1-2H3,(H,21,23). The zero-order chi connectivity index (χ0) is 16.2. The van der Waals surface area contributed by atoms with Crippen LogP contribution < -0.4 is 11.1 Å². The Balaban J connectivity index is 2.10. The molecule has 0 radical (unpaired) electrons. The first-order valence-corrected chi connectivity index (χ1v) is 7.97. The van der Waals surface area contributed by atoms with Crippen molar-refractivity contribution in [3.8, 4) is 11.3 Å². The molecule has 118 valence electrons. The molecule has 3 N–H and O–H groups in total. The van der Waals surface area contributed by atoms with Gasteiger partial charge in [0.25, 0.3) is 0 Å². The van der Waals surface area contributed by atoms with Crippen molar-refractivity contribution in [1.82, 2.24) is 10.2 Å². The maximum atomic E-state index is 5.56. The lowest BCUT2D eigenvalue weighted by Crippen LogP contribution is -2.10. The van der Waals surface area contributed by atoms with Crippen LogP contribution in [-0.2, 0) is 0 Å². The molecular formula is C19H22N4. The molecule has 3 aromatic rings. The quantitative estimate of drug-likeness (QED) is 0.706. The maximum Gasteiger partial charge on any atom is 0.156 e. The summed E-state index contributed by atoms with van der Waals surface area (Å²) in [5.74, 6) is 0.822. The number of nitrogens with two attached hydrogens (primary N) is 1. The van der Waals surface area contributed by atoms with E-state index >= 15 is 0 Å². The third-order valence-electron chi connectivity index (χ3n) is 4.00. The molecule has 0 unspecified atom stereocenters. The Bertz CT molecular complexity index is 827. The van der Waals surface area contributed by atoms with Gasteiger partial charge in [-0.2, -0.15) is 0 Å². The number of benzene rings is 2. The highest BCUT2D eigenvalue weighted by molar-refractivity contribution is 6.00. The third kappa shape index (κ3) is 3.17. The van der Waals surface area contributed by atoms with Crippen LogP contribution in [0.3, 0.4) is 0 Å². The second kappa shape index (κ2) is 6.75. The highest BCUT2D eigenvalue weighted by atomic mass is 15.2. The molecule has 23 heavy (non-hydrogen) atoms. The zero-order valence-corrected chi connectivity index (χ0v) is 13.6. The van der Waals surface area contributed by atoms with E-state index in [1.807, 2.05) is 12.1 Å². The fourth-order valence-corrected chi connectivity index (χ4v) is 2.82. The van der Waals surface area contributed by atoms with Crippen LogP contribution in [0.25, 0.3) is 22.0 Å². The first-order valence-electron chi connectivity index (χ1n) is 7.97. The molecule has 0 saturated carbocycles. The van der Waals surface area contributed by atoms with E-state index in [9.17, 15) is 0 Å². The minimum absolute atomic E-state index is 0.666. The van der Waals surface area contributed by atoms with E-state index < -0.39 is 0 Å². The highest BCUT2D eigenvalue weighted by Crippen LogP contribution is 2.31. The summed E-state index contributed by atoms with van der Waals surface area (Å²) in [6.45, 7) is 5.69. The van der Waals surface area contributed by atoms with Gasteiger partial charge in [0.15, 0.2) is 5.82 Å². The molecule has 0 aliphatic rings. The molecule has 4 heteroatoms. The smallest absolute Gasteiger partial charge is 0.156 e. The van der Waals surface area contributed by atoms with Crippen molar-refractivity contribution in [2.45, 2.75) is 20.3 Å². The van der Waals surface area contributed by atoms with Crippen LogP contribution in [0.5, 0.6) is 0 Å². The van der Waals surface area contributed by atoms with Crippen molar-refractivity contribution < 1.29 is 0 Å². The first kappa shape index (κ1) is 15.4. The highest BCUT2D eigenvalue weighted by Gasteiger charge is 2.12. The second-order valence-electron chi connectivity index (χ2n) is 5.83. The number of fused-ring (bicyclic) bond motifs is 1. The summed E-state index contributed by atoms with van der Waals surface area (Å²) in [4.78, 5) is 0. The van der Waals surface area contributed by atoms with Crippen molar-refractivity contribution in [2.75, 3.05) is 18.4 Å².